The molecule has 0 heterocycles. The van der Waals surface area contributed by atoms with E-state index < -0.39 is 5.66 Å². The summed E-state index contributed by atoms with van der Waals surface area (Å²) in [5.41, 5.74) is -0.705. The van der Waals surface area contributed by atoms with Crippen LogP contribution in [0.25, 0.3) is 0 Å². The van der Waals surface area contributed by atoms with Crippen molar-refractivity contribution in [1.29, 1.82) is 0 Å². The highest BCUT2D eigenvalue weighted by Gasteiger charge is 2.25. The first-order chi connectivity index (χ1) is 5.24. The molecule has 68 valence electrons. The Balaban J connectivity index is 3.96. The first-order valence-electron chi connectivity index (χ1n) is 3.96. The number of aliphatic hydroxyl groups excluding tert-OH is 2. The molecule has 0 aliphatic carbocycles. The Kier molecular flexibility index (Phi) is 5.41. The number of hydrogen-bond donors (Lipinski definition) is 4. The highest BCUT2D eigenvalue weighted by atomic mass is 16.3. The maximum atomic E-state index is 8.95. The molecule has 0 spiro atoms. The molecule has 0 rings (SSSR count). The lowest BCUT2D eigenvalue weighted by Gasteiger charge is -2.31. The minimum Gasteiger partial charge on any atom is -0.393 e. The molecule has 0 bridgehead atoms. The predicted molar refractivity (Wildman–Crippen MR) is 44.3 cm³/mol. The van der Waals surface area contributed by atoms with E-state index in [0.29, 0.717) is 13.1 Å². The van der Waals surface area contributed by atoms with Crippen LogP contribution in [-0.4, -0.2) is 42.2 Å². The van der Waals surface area contributed by atoms with Gasteiger partial charge in [-0.3, -0.25) is 10.6 Å². The fourth-order valence-corrected chi connectivity index (χ4v) is 1.01. The maximum Gasteiger partial charge on any atom is 0.116 e. The molecule has 0 saturated carbocycles. The summed E-state index contributed by atoms with van der Waals surface area (Å²) in [6.07, 6.45) is 0. The molecule has 0 saturated heterocycles. The summed E-state index contributed by atoms with van der Waals surface area (Å²) >= 11 is 0. The largest absolute Gasteiger partial charge is 0.393 e. The Morgan fingerprint density at radius 2 is 1.36 bits per heavy atom. The van der Waals surface area contributed by atoms with Gasteiger partial charge in [-0.05, 0) is 13.1 Å². The summed E-state index contributed by atoms with van der Waals surface area (Å²) in [5.74, 6) is 0. The molecule has 0 aromatic carbocycles. The third-order valence-corrected chi connectivity index (χ3v) is 1.57. The SMILES string of the molecule is CCNC(CO)(CO)NCC. The van der Waals surface area contributed by atoms with Crippen LogP contribution in [0, 0.1) is 0 Å². The van der Waals surface area contributed by atoms with Crippen molar-refractivity contribution in [3.05, 3.63) is 0 Å². The molecule has 0 atom stereocenters. The van der Waals surface area contributed by atoms with Crippen molar-refractivity contribution in [2.75, 3.05) is 26.3 Å². The lowest BCUT2D eigenvalue weighted by molar-refractivity contribution is 0.0676. The highest BCUT2D eigenvalue weighted by molar-refractivity contribution is 4.82. The first kappa shape index (κ1) is 10.8. The fourth-order valence-electron chi connectivity index (χ4n) is 1.01. The zero-order valence-electron chi connectivity index (χ0n) is 7.22. The topological polar surface area (TPSA) is 64.5 Å². The van der Waals surface area contributed by atoms with E-state index in [9.17, 15) is 0 Å². The van der Waals surface area contributed by atoms with E-state index in [2.05, 4.69) is 10.6 Å². The molecule has 0 aliphatic rings. The van der Waals surface area contributed by atoms with Crippen LogP contribution >= 0.6 is 0 Å². The zero-order valence-corrected chi connectivity index (χ0v) is 7.22. The van der Waals surface area contributed by atoms with Crippen LogP contribution in [0.2, 0.25) is 0 Å². The Morgan fingerprint density at radius 1 is 1.00 bits per heavy atom. The van der Waals surface area contributed by atoms with E-state index in [1.165, 1.54) is 0 Å². The second kappa shape index (κ2) is 5.49. The molecule has 0 unspecified atom stereocenters. The van der Waals surface area contributed by atoms with E-state index in [4.69, 9.17) is 10.2 Å². The Bertz CT molecular complexity index is 86.4. The minimum atomic E-state index is -0.705. The van der Waals surface area contributed by atoms with Crippen molar-refractivity contribution in [2.24, 2.45) is 0 Å². The van der Waals surface area contributed by atoms with Gasteiger partial charge in [0.1, 0.15) is 5.66 Å². The molecule has 0 aliphatic heterocycles. The molecule has 11 heavy (non-hydrogen) atoms. The summed E-state index contributed by atoms with van der Waals surface area (Å²) in [5, 5.41) is 23.9. The summed E-state index contributed by atoms with van der Waals surface area (Å²) in [6, 6.07) is 0. The molecule has 0 amide bonds. The molecule has 0 fully saturated rings. The number of nitrogens with one attached hydrogen (secondary N) is 2. The van der Waals surface area contributed by atoms with Gasteiger partial charge in [-0.1, -0.05) is 13.8 Å². The number of hydrogen-bond acceptors (Lipinski definition) is 4. The second-order valence-corrected chi connectivity index (χ2v) is 2.46. The smallest absolute Gasteiger partial charge is 0.116 e. The van der Waals surface area contributed by atoms with Crippen LogP contribution in [0.15, 0.2) is 0 Å². The van der Waals surface area contributed by atoms with Gasteiger partial charge >= 0.3 is 0 Å². The van der Waals surface area contributed by atoms with Crippen LogP contribution < -0.4 is 10.6 Å². The fraction of sp³-hybridized carbons (Fsp3) is 1.00. The van der Waals surface area contributed by atoms with Gasteiger partial charge in [0.25, 0.3) is 0 Å². The zero-order chi connectivity index (χ0) is 8.74. The van der Waals surface area contributed by atoms with E-state index in [0.717, 1.165) is 0 Å². The van der Waals surface area contributed by atoms with Crippen molar-refractivity contribution in [1.82, 2.24) is 10.6 Å². The minimum absolute atomic E-state index is 0.106. The van der Waals surface area contributed by atoms with Gasteiger partial charge in [0.2, 0.25) is 0 Å². The summed E-state index contributed by atoms with van der Waals surface area (Å²) < 4.78 is 0. The van der Waals surface area contributed by atoms with Gasteiger partial charge in [-0.25, -0.2) is 0 Å². The van der Waals surface area contributed by atoms with E-state index in [1.807, 2.05) is 13.8 Å². The maximum absolute atomic E-state index is 8.95. The Hall–Kier alpha value is -0.160. The molecule has 4 heteroatoms. The van der Waals surface area contributed by atoms with Crippen molar-refractivity contribution in [3.63, 3.8) is 0 Å². The van der Waals surface area contributed by atoms with Crippen LogP contribution in [0.3, 0.4) is 0 Å². The first-order valence-corrected chi connectivity index (χ1v) is 3.96. The Labute approximate surface area is 67.6 Å². The summed E-state index contributed by atoms with van der Waals surface area (Å²) in [6.45, 7) is 5.08. The van der Waals surface area contributed by atoms with Crippen LogP contribution in [-0.2, 0) is 0 Å². The molecule has 0 aromatic heterocycles. The molecule has 0 radical (unpaired) electrons. The molecule has 4 N–H and O–H groups in total. The quantitative estimate of drug-likeness (QED) is 0.374. The van der Waals surface area contributed by atoms with Gasteiger partial charge < -0.3 is 10.2 Å². The summed E-state index contributed by atoms with van der Waals surface area (Å²) in [4.78, 5) is 0. The molecule has 4 nitrogen and oxygen atoms in total. The molecular weight excluding hydrogens is 144 g/mol. The van der Waals surface area contributed by atoms with Gasteiger partial charge in [-0.2, -0.15) is 0 Å². The summed E-state index contributed by atoms with van der Waals surface area (Å²) in [7, 11) is 0. The molecular formula is C7H18N2O2. The van der Waals surface area contributed by atoms with Crippen molar-refractivity contribution in [2.45, 2.75) is 19.5 Å². The van der Waals surface area contributed by atoms with Gasteiger partial charge in [0.05, 0.1) is 13.2 Å². The average Bonchev–Trinajstić information content (AvgIpc) is 2.04. The highest BCUT2D eigenvalue weighted by Crippen LogP contribution is 1.96. The number of aliphatic hydroxyl groups is 2. The van der Waals surface area contributed by atoms with Crippen LogP contribution in [0.5, 0.6) is 0 Å². The van der Waals surface area contributed by atoms with Crippen LogP contribution in [0.1, 0.15) is 13.8 Å². The van der Waals surface area contributed by atoms with Crippen molar-refractivity contribution < 1.29 is 10.2 Å². The Morgan fingerprint density at radius 3 is 1.55 bits per heavy atom. The second-order valence-electron chi connectivity index (χ2n) is 2.46. The normalized spacial score (nSPS) is 12.0. The average molecular weight is 162 g/mol. The van der Waals surface area contributed by atoms with Gasteiger partial charge in [0, 0.05) is 0 Å². The third-order valence-electron chi connectivity index (χ3n) is 1.57. The van der Waals surface area contributed by atoms with Crippen molar-refractivity contribution >= 4 is 0 Å². The monoisotopic (exact) mass is 162 g/mol. The van der Waals surface area contributed by atoms with Gasteiger partial charge in [0.15, 0.2) is 0 Å². The lowest BCUT2D eigenvalue weighted by Crippen LogP contribution is -2.62. The van der Waals surface area contributed by atoms with Crippen LogP contribution in [0.4, 0.5) is 0 Å². The van der Waals surface area contributed by atoms with E-state index >= 15 is 0 Å². The lowest BCUT2D eigenvalue weighted by atomic mass is 10.2. The van der Waals surface area contributed by atoms with E-state index in [1.54, 1.807) is 0 Å². The van der Waals surface area contributed by atoms with Gasteiger partial charge in [-0.15, -0.1) is 0 Å². The third kappa shape index (κ3) is 3.16. The number of likely N-dealkylation sites (N-methyl/N-ethyl adjacent to an activating group) is 2. The standard InChI is InChI=1S/C7H18N2O2/c1-3-8-7(5-10,6-11)9-4-2/h8-11H,3-6H2,1-2H3. The predicted octanol–water partition coefficient (Wildman–Crippen LogP) is -1.11. The van der Waals surface area contributed by atoms with Crippen molar-refractivity contribution in [3.8, 4) is 0 Å². The van der Waals surface area contributed by atoms with E-state index in [-0.39, 0.29) is 13.2 Å². The molecule has 0 aromatic rings. The number of rotatable bonds is 6.